The van der Waals surface area contributed by atoms with Crippen LogP contribution in [0.15, 0.2) is 97.2 Å². The predicted octanol–water partition coefficient (Wildman–Crippen LogP) is 11.5. The zero-order chi connectivity index (χ0) is 43.7. The van der Waals surface area contributed by atoms with E-state index in [4.69, 9.17) is 18.5 Å². The molecule has 0 bridgehead atoms. The van der Waals surface area contributed by atoms with Crippen molar-refractivity contribution >= 4 is 19.8 Å². The molecule has 0 saturated heterocycles. The smallest absolute Gasteiger partial charge is 0.462 e. The topological polar surface area (TPSA) is 129 Å². The zero-order valence-corrected chi connectivity index (χ0v) is 38.2. The minimum atomic E-state index is -4.42. The van der Waals surface area contributed by atoms with E-state index in [0.717, 1.165) is 57.8 Å². The molecule has 0 rings (SSSR count). The summed E-state index contributed by atoms with van der Waals surface area (Å²) >= 11 is 0. The quantitative estimate of drug-likeness (QED) is 0.0205. The third-order valence-corrected chi connectivity index (χ3v) is 9.63. The summed E-state index contributed by atoms with van der Waals surface area (Å²) in [5.41, 5.74) is 0. The third kappa shape index (κ3) is 42.8. The van der Waals surface area contributed by atoms with Gasteiger partial charge in [0.1, 0.15) is 19.8 Å². The molecule has 0 spiro atoms. The van der Waals surface area contributed by atoms with E-state index in [1.54, 1.807) is 0 Å². The van der Waals surface area contributed by atoms with Crippen molar-refractivity contribution in [3.8, 4) is 0 Å². The molecular weight excluding hydrogens is 765 g/mol. The molecule has 10 nitrogen and oxygen atoms in total. The van der Waals surface area contributed by atoms with Gasteiger partial charge in [0.15, 0.2) is 6.10 Å². The standard InChI is InChI=1S/C48H80NO9P/c1-6-8-9-10-11-12-13-14-15-16-17-20-23-26-29-32-35-39-47(51)55-43-46(44-57-59(53,54)56-42-41-49(3,4)5)58-48(52)40-36-33-30-27-24-21-18-19-22-25-28-31-34-38-45(50)37-7-2/h11-12,14-15,17-18,20-22,25-27,29-31,34,45-46,50H,6-10,13,16,19,23-24,28,32-33,35-44H2,1-5H3/p+1/b12-11-,15-14-,20-17-,21-18-,25-22-,29-26-,30-27-,34-31-/t45?,46-/m1/s1. The summed E-state index contributed by atoms with van der Waals surface area (Å²) in [7, 11) is 1.37. The fraction of sp³-hybridized carbons (Fsp3) is 0.625. The van der Waals surface area contributed by atoms with Crippen LogP contribution in [0.5, 0.6) is 0 Å². The number of carbonyl (C=O) groups excluding carboxylic acids is 2. The van der Waals surface area contributed by atoms with Crippen LogP contribution in [0.25, 0.3) is 0 Å². The van der Waals surface area contributed by atoms with Crippen molar-refractivity contribution in [2.24, 2.45) is 0 Å². The maximum absolute atomic E-state index is 12.7. The summed E-state index contributed by atoms with van der Waals surface area (Å²) < 4.78 is 34.1. The second-order valence-electron chi connectivity index (χ2n) is 15.6. The lowest BCUT2D eigenvalue weighted by molar-refractivity contribution is -0.870. The molecular formula is C48H81NO9P+. The first kappa shape index (κ1) is 55.9. The van der Waals surface area contributed by atoms with E-state index in [-0.39, 0.29) is 32.2 Å². The zero-order valence-electron chi connectivity index (χ0n) is 37.3. The molecule has 2 N–H and O–H groups in total. The largest absolute Gasteiger partial charge is 0.472 e. The average molecular weight is 847 g/mol. The number of nitrogens with zero attached hydrogens (tertiary/aromatic N) is 1. The Morgan fingerprint density at radius 3 is 1.53 bits per heavy atom. The van der Waals surface area contributed by atoms with E-state index >= 15 is 0 Å². The van der Waals surface area contributed by atoms with Crippen molar-refractivity contribution in [3.63, 3.8) is 0 Å². The first-order chi connectivity index (χ1) is 28.4. The second-order valence-corrected chi connectivity index (χ2v) is 17.0. The van der Waals surface area contributed by atoms with E-state index < -0.39 is 32.5 Å². The number of hydrogen-bond acceptors (Lipinski definition) is 8. The molecule has 0 amide bonds. The van der Waals surface area contributed by atoms with Gasteiger partial charge >= 0.3 is 19.8 Å². The summed E-state index contributed by atoms with van der Waals surface area (Å²) in [6.07, 6.45) is 48.2. The molecule has 0 aromatic heterocycles. The van der Waals surface area contributed by atoms with Gasteiger partial charge in [-0.15, -0.1) is 0 Å². The van der Waals surface area contributed by atoms with Gasteiger partial charge in [0.25, 0.3) is 0 Å². The minimum Gasteiger partial charge on any atom is -0.462 e. The van der Waals surface area contributed by atoms with Crippen LogP contribution in [0.1, 0.15) is 136 Å². The van der Waals surface area contributed by atoms with E-state index in [1.165, 1.54) is 25.7 Å². The van der Waals surface area contributed by atoms with E-state index in [1.807, 2.05) is 45.4 Å². The average Bonchev–Trinajstić information content (AvgIpc) is 3.18. The predicted molar refractivity (Wildman–Crippen MR) is 244 cm³/mol. The second kappa shape index (κ2) is 39.1. The number of unbranched alkanes of at least 4 members (excludes halogenated alkanes) is 5. The highest BCUT2D eigenvalue weighted by atomic mass is 31.2. The molecule has 0 heterocycles. The normalized spacial score (nSPS) is 15.0. The van der Waals surface area contributed by atoms with Crippen LogP contribution in [0.4, 0.5) is 0 Å². The van der Waals surface area contributed by atoms with Gasteiger partial charge in [0.05, 0.1) is 33.9 Å². The van der Waals surface area contributed by atoms with Crippen LogP contribution in [0.3, 0.4) is 0 Å². The van der Waals surface area contributed by atoms with Crippen molar-refractivity contribution < 1.29 is 47.2 Å². The van der Waals surface area contributed by atoms with Crippen molar-refractivity contribution in [3.05, 3.63) is 97.2 Å². The Hall–Kier alpha value is -3.11. The van der Waals surface area contributed by atoms with E-state index in [0.29, 0.717) is 36.7 Å². The molecule has 0 fully saturated rings. The highest BCUT2D eigenvalue weighted by Gasteiger charge is 2.27. The summed E-state index contributed by atoms with van der Waals surface area (Å²) in [5, 5.41) is 9.74. The molecule has 0 saturated carbocycles. The lowest BCUT2D eigenvalue weighted by Crippen LogP contribution is -2.37. The molecule has 59 heavy (non-hydrogen) atoms. The minimum absolute atomic E-state index is 0.000669. The summed E-state index contributed by atoms with van der Waals surface area (Å²) in [6.45, 7) is 4.02. The van der Waals surface area contributed by atoms with Gasteiger partial charge in [-0.05, 0) is 89.9 Å². The maximum Gasteiger partial charge on any atom is 0.472 e. The molecule has 0 aliphatic heterocycles. The monoisotopic (exact) mass is 847 g/mol. The first-order valence-electron chi connectivity index (χ1n) is 22.0. The number of rotatable bonds is 38. The number of allylic oxidation sites excluding steroid dienone is 15. The number of aliphatic hydroxyl groups excluding tert-OH is 1. The third-order valence-electron chi connectivity index (χ3n) is 8.64. The number of hydrogen-bond donors (Lipinski definition) is 2. The van der Waals surface area contributed by atoms with Gasteiger partial charge in [-0.1, -0.05) is 130 Å². The highest BCUT2D eigenvalue weighted by Crippen LogP contribution is 2.43. The van der Waals surface area contributed by atoms with Crippen molar-refractivity contribution in [2.75, 3.05) is 47.5 Å². The molecule has 2 unspecified atom stereocenters. The molecule has 0 aromatic carbocycles. The van der Waals surface area contributed by atoms with Gasteiger partial charge < -0.3 is 24.0 Å². The molecule has 3 atom stereocenters. The van der Waals surface area contributed by atoms with E-state index in [9.17, 15) is 24.2 Å². The van der Waals surface area contributed by atoms with Crippen LogP contribution >= 0.6 is 7.82 Å². The number of phosphoric acid groups is 1. The van der Waals surface area contributed by atoms with Crippen molar-refractivity contribution in [2.45, 2.75) is 148 Å². The van der Waals surface area contributed by atoms with Crippen LogP contribution in [0, 0.1) is 0 Å². The van der Waals surface area contributed by atoms with Crippen LogP contribution in [0.2, 0.25) is 0 Å². The number of quaternary nitrogens is 1. The van der Waals surface area contributed by atoms with Crippen LogP contribution < -0.4 is 0 Å². The first-order valence-corrected chi connectivity index (χ1v) is 23.5. The molecule has 0 radical (unpaired) electrons. The number of esters is 2. The Kier molecular flexibility index (Phi) is 37.0. The number of ether oxygens (including phenoxy) is 2. The number of aliphatic hydroxyl groups is 1. The molecule has 11 heteroatoms. The Bertz CT molecular complexity index is 1340. The Labute approximate surface area is 358 Å². The fourth-order valence-electron chi connectivity index (χ4n) is 5.19. The van der Waals surface area contributed by atoms with Crippen molar-refractivity contribution in [1.29, 1.82) is 0 Å². The SMILES string of the molecule is CCCCC/C=C\C/C=C\C/C=C\C/C=C\CCCC(=O)OC[C@H](COP(=O)(O)OCC[N+](C)(C)C)OC(=O)CCC/C=C\C/C=C\C/C=C\C/C=C\CC(O)CCC. The molecule has 0 aliphatic rings. The fourth-order valence-corrected chi connectivity index (χ4v) is 5.93. The Morgan fingerprint density at radius 1 is 0.593 bits per heavy atom. The van der Waals surface area contributed by atoms with Gasteiger partial charge in [0, 0.05) is 12.8 Å². The molecule has 0 aliphatic carbocycles. The van der Waals surface area contributed by atoms with Crippen LogP contribution in [-0.2, 0) is 32.7 Å². The van der Waals surface area contributed by atoms with Gasteiger partial charge in [-0.25, -0.2) is 4.57 Å². The van der Waals surface area contributed by atoms with Crippen molar-refractivity contribution in [1.82, 2.24) is 0 Å². The molecule has 0 aromatic rings. The number of phosphoric ester groups is 1. The molecule has 336 valence electrons. The summed E-state index contributed by atoms with van der Waals surface area (Å²) in [4.78, 5) is 35.3. The van der Waals surface area contributed by atoms with E-state index in [2.05, 4.69) is 86.8 Å². The van der Waals surface area contributed by atoms with Crippen LogP contribution in [-0.4, -0.2) is 86.1 Å². The Balaban J connectivity index is 4.59. The maximum atomic E-state index is 12.7. The lowest BCUT2D eigenvalue weighted by Gasteiger charge is -2.24. The van der Waals surface area contributed by atoms with Gasteiger partial charge in [-0.2, -0.15) is 0 Å². The van der Waals surface area contributed by atoms with Gasteiger partial charge in [-0.3, -0.25) is 18.6 Å². The summed E-state index contributed by atoms with van der Waals surface area (Å²) in [5.74, 6) is -0.962. The summed E-state index contributed by atoms with van der Waals surface area (Å²) in [6, 6.07) is 0. The number of carbonyl (C=O) groups is 2. The Morgan fingerprint density at radius 2 is 1.05 bits per heavy atom. The highest BCUT2D eigenvalue weighted by molar-refractivity contribution is 7.47. The number of likely N-dealkylation sites (N-methyl/N-ethyl adjacent to an activating group) is 1. The van der Waals surface area contributed by atoms with Gasteiger partial charge in [0.2, 0.25) is 0 Å². The lowest BCUT2D eigenvalue weighted by atomic mass is 10.1.